The zero-order valence-electron chi connectivity index (χ0n) is 11.9. The van der Waals surface area contributed by atoms with E-state index in [1.807, 2.05) is 30.3 Å². The highest BCUT2D eigenvalue weighted by molar-refractivity contribution is 7.86. The molecule has 1 aliphatic rings. The van der Waals surface area contributed by atoms with E-state index in [1.54, 1.807) is 0 Å². The van der Waals surface area contributed by atoms with Crippen molar-refractivity contribution in [2.75, 3.05) is 19.3 Å². The topological polar surface area (TPSA) is 72.9 Å². The number of carbonyl (C=O) groups excluding carboxylic acids is 1. The first-order valence-electron chi connectivity index (χ1n) is 6.78. The van der Waals surface area contributed by atoms with Crippen molar-refractivity contribution in [1.29, 1.82) is 0 Å². The molecular formula is C14H19NO5S. The predicted molar refractivity (Wildman–Crippen MR) is 77.2 cm³/mol. The van der Waals surface area contributed by atoms with E-state index in [2.05, 4.69) is 0 Å². The van der Waals surface area contributed by atoms with Gasteiger partial charge < -0.3 is 9.64 Å². The lowest BCUT2D eigenvalue weighted by atomic mass is 10.1. The van der Waals surface area contributed by atoms with Gasteiger partial charge in [0.2, 0.25) is 0 Å². The third-order valence-corrected chi connectivity index (χ3v) is 3.77. The molecule has 6 nitrogen and oxygen atoms in total. The van der Waals surface area contributed by atoms with Crippen molar-refractivity contribution < 1.29 is 22.1 Å². The molecule has 0 bridgehead atoms. The number of carbonyl (C=O) groups is 1. The molecule has 1 fully saturated rings. The normalized spacial score (nSPS) is 19.3. The van der Waals surface area contributed by atoms with Crippen molar-refractivity contribution in [2.45, 2.75) is 25.6 Å². The molecule has 0 aromatic heterocycles. The zero-order chi connectivity index (χ0) is 15.3. The second-order valence-electron chi connectivity index (χ2n) is 5.05. The second kappa shape index (κ2) is 6.91. The Morgan fingerprint density at radius 3 is 2.71 bits per heavy atom. The fourth-order valence-electron chi connectivity index (χ4n) is 2.24. The van der Waals surface area contributed by atoms with Gasteiger partial charge >= 0.3 is 6.09 Å². The summed E-state index contributed by atoms with van der Waals surface area (Å²) in [5.74, 6) is 0. The number of hydrogen-bond acceptors (Lipinski definition) is 5. The van der Waals surface area contributed by atoms with Gasteiger partial charge in [-0.3, -0.25) is 4.18 Å². The van der Waals surface area contributed by atoms with E-state index < -0.39 is 22.3 Å². The minimum Gasteiger partial charge on any atom is -0.445 e. The lowest BCUT2D eigenvalue weighted by molar-refractivity contribution is 0.0574. The summed E-state index contributed by atoms with van der Waals surface area (Å²) < 4.78 is 32.4. The molecule has 0 saturated carbocycles. The Kier molecular flexibility index (Phi) is 5.19. The quantitative estimate of drug-likeness (QED) is 0.792. The van der Waals surface area contributed by atoms with Crippen LogP contribution in [0.1, 0.15) is 18.4 Å². The Morgan fingerprint density at radius 2 is 2.05 bits per heavy atom. The van der Waals surface area contributed by atoms with Gasteiger partial charge in [-0.2, -0.15) is 8.42 Å². The summed E-state index contributed by atoms with van der Waals surface area (Å²) in [6.07, 6.45) is 1.40. The lowest BCUT2D eigenvalue weighted by Gasteiger charge is -2.31. The maximum absolute atomic E-state index is 12.0. The lowest BCUT2D eigenvalue weighted by Crippen LogP contribution is -2.44. The fraction of sp³-hybridized carbons (Fsp3) is 0.500. The first-order chi connectivity index (χ1) is 9.94. The molecule has 2 rings (SSSR count). The maximum Gasteiger partial charge on any atom is 0.410 e. The maximum atomic E-state index is 12.0. The number of benzene rings is 1. The Morgan fingerprint density at radius 1 is 1.33 bits per heavy atom. The van der Waals surface area contributed by atoms with E-state index in [1.165, 1.54) is 4.90 Å². The first kappa shape index (κ1) is 15.8. The van der Waals surface area contributed by atoms with Crippen molar-refractivity contribution in [2.24, 2.45) is 0 Å². The van der Waals surface area contributed by atoms with Crippen LogP contribution in [0.2, 0.25) is 0 Å². The van der Waals surface area contributed by atoms with Gasteiger partial charge in [-0.1, -0.05) is 30.3 Å². The summed E-state index contributed by atoms with van der Waals surface area (Å²) >= 11 is 0. The van der Waals surface area contributed by atoms with Crippen LogP contribution in [0.5, 0.6) is 0 Å². The van der Waals surface area contributed by atoms with Crippen LogP contribution in [0.4, 0.5) is 4.79 Å². The van der Waals surface area contributed by atoms with E-state index >= 15 is 0 Å². The largest absolute Gasteiger partial charge is 0.445 e. The Bertz CT molecular complexity index is 572. The van der Waals surface area contributed by atoms with Gasteiger partial charge in [0.1, 0.15) is 6.61 Å². The van der Waals surface area contributed by atoms with Crippen LogP contribution >= 0.6 is 0 Å². The Balaban J connectivity index is 1.84. The van der Waals surface area contributed by atoms with Crippen LogP contribution in [0.15, 0.2) is 30.3 Å². The van der Waals surface area contributed by atoms with Crippen molar-refractivity contribution in [1.82, 2.24) is 4.90 Å². The highest BCUT2D eigenvalue weighted by Crippen LogP contribution is 2.16. The Hall–Kier alpha value is -1.60. The fourth-order valence-corrected chi connectivity index (χ4v) is 2.89. The molecule has 1 aromatic carbocycles. The molecule has 1 heterocycles. The van der Waals surface area contributed by atoms with Crippen LogP contribution in [-0.4, -0.2) is 44.9 Å². The standard InChI is InChI=1S/C14H19NO5S/c1-21(17,18)20-13-8-5-9-15(10-13)14(16)19-11-12-6-3-2-4-7-12/h2-4,6-7,13H,5,8-11H2,1H3/t13-/m1/s1. The number of ether oxygens (including phenoxy) is 1. The minimum absolute atomic E-state index is 0.202. The van der Waals surface area contributed by atoms with Gasteiger partial charge in [-0.05, 0) is 18.4 Å². The zero-order valence-corrected chi connectivity index (χ0v) is 12.7. The summed E-state index contributed by atoms with van der Waals surface area (Å²) in [5, 5.41) is 0. The number of piperidine rings is 1. The number of likely N-dealkylation sites (tertiary alicyclic amines) is 1. The van der Waals surface area contributed by atoms with Crippen LogP contribution in [0.3, 0.4) is 0 Å². The van der Waals surface area contributed by atoms with Gasteiger partial charge in [0, 0.05) is 6.54 Å². The van der Waals surface area contributed by atoms with Crippen molar-refractivity contribution in [3.63, 3.8) is 0 Å². The van der Waals surface area contributed by atoms with Crippen molar-refractivity contribution in [3.8, 4) is 0 Å². The number of amides is 1. The van der Waals surface area contributed by atoms with Crippen molar-refractivity contribution in [3.05, 3.63) is 35.9 Å². The molecule has 1 aromatic rings. The van der Waals surface area contributed by atoms with E-state index in [4.69, 9.17) is 8.92 Å². The van der Waals surface area contributed by atoms with E-state index in [0.29, 0.717) is 19.4 Å². The Labute approximate surface area is 124 Å². The highest BCUT2D eigenvalue weighted by Gasteiger charge is 2.27. The molecule has 1 atom stereocenters. The van der Waals surface area contributed by atoms with Crippen LogP contribution in [0.25, 0.3) is 0 Å². The van der Waals surface area contributed by atoms with E-state index in [0.717, 1.165) is 11.8 Å². The third-order valence-electron chi connectivity index (χ3n) is 3.15. The minimum atomic E-state index is -3.51. The SMILES string of the molecule is CS(=O)(=O)O[C@@H]1CCCN(C(=O)OCc2ccccc2)C1. The molecule has 0 spiro atoms. The molecule has 7 heteroatoms. The van der Waals surface area contributed by atoms with E-state index in [9.17, 15) is 13.2 Å². The molecule has 0 aliphatic carbocycles. The van der Waals surface area contributed by atoms with Gasteiger partial charge in [0.25, 0.3) is 10.1 Å². The van der Waals surface area contributed by atoms with Crippen LogP contribution in [0, 0.1) is 0 Å². The van der Waals surface area contributed by atoms with Crippen LogP contribution < -0.4 is 0 Å². The molecule has 0 N–H and O–H groups in total. The predicted octanol–water partition coefficient (Wildman–Crippen LogP) is 1.76. The van der Waals surface area contributed by atoms with Gasteiger partial charge in [-0.15, -0.1) is 0 Å². The average Bonchev–Trinajstić information content (AvgIpc) is 2.44. The van der Waals surface area contributed by atoms with Crippen molar-refractivity contribution >= 4 is 16.2 Å². The molecule has 1 saturated heterocycles. The summed E-state index contributed by atoms with van der Waals surface area (Å²) in [6.45, 7) is 0.992. The van der Waals surface area contributed by atoms with Gasteiger partial charge in [0.05, 0.1) is 18.9 Å². The summed E-state index contributed by atoms with van der Waals surface area (Å²) in [4.78, 5) is 13.5. The van der Waals surface area contributed by atoms with Gasteiger partial charge in [0.15, 0.2) is 0 Å². The average molecular weight is 313 g/mol. The molecule has 1 aliphatic heterocycles. The molecule has 116 valence electrons. The monoisotopic (exact) mass is 313 g/mol. The molecule has 0 unspecified atom stereocenters. The summed E-state index contributed by atoms with van der Waals surface area (Å²) in [6, 6.07) is 9.39. The highest BCUT2D eigenvalue weighted by atomic mass is 32.2. The summed E-state index contributed by atoms with van der Waals surface area (Å²) in [7, 11) is -3.51. The van der Waals surface area contributed by atoms with E-state index in [-0.39, 0.29) is 13.2 Å². The molecular weight excluding hydrogens is 294 g/mol. The number of nitrogens with zero attached hydrogens (tertiary/aromatic N) is 1. The van der Waals surface area contributed by atoms with Crippen LogP contribution in [-0.2, 0) is 25.6 Å². The number of hydrogen-bond donors (Lipinski definition) is 0. The first-order valence-corrected chi connectivity index (χ1v) is 8.59. The number of rotatable bonds is 4. The smallest absolute Gasteiger partial charge is 0.410 e. The molecule has 0 radical (unpaired) electrons. The summed E-state index contributed by atoms with van der Waals surface area (Å²) in [5.41, 5.74) is 0.909. The molecule has 21 heavy (non-hydrogen) atoms. The second-order valence-corrected chi connectivity index (χ2v) is 6.65. The third kappa shape index (κ3) is 5.35. The van der Waals surface area contributed by atoms with Gasteiger partial charge in [-0.25, -0.2) is 4.79 Å². The molecule has 1 amide bonds.